The van der Waals surface area contributed by atoms with Crippen LogP contribution in [-0.4, -0.2) is 22.5 Å². The van der Waals surface area contributed by atoms with Gasteiger partial charge < -0.3 is 9.15 Å². The number of halogens is 6. The molecule has 0 unspecified atom stereocenters. The van der Waals surface area contributed by atoms with Crippen LogP contribution in [0.1, 0.15) is 16.2 Å². The highest BCUT2D eigenvalue weighted by Crippen LogP contribution is 2.29. The quantitative estimate of drug-likeness (QED) is 0.868. The second-order valence-electron chi connectivity index (χ2n) is 3.94. The molecule has 0 aliphatic carbocycles. The van der Waals surface area contributed by atoms with Crippen LogP contribution >= 0.6 is 0 Å². The van der Waals surface area contributed by atoms with Crippen LogP contribution in [0.4, 0.5) is 32.4 Å². The van der Waals surface area contributed by atoms with E-state index in [-0.39, 0.29) is 5.56 Å². The van der Waals surface area contributed by atoms with E-state index in [0.29, 0.717) is 0 Å². The second kappa shape index (κ2) is 5.78. The third-order valence-electron chi connectivity index (χ3n) is 2.24. The molecule has 0 spiro atoms. The van der Waals surface area contributed by atoms with E-state index in [1.165, 1.54) is 0 Å². The molecular formula is C11H5F6N3O3. The monoisotopic (exact) mass is 341 g/mol. The summed E-state index contributed by atoms with van der Waals surface area (Å²) in [5, 5.41) is 7.54. The van der Waals surface area contributed by atoms with Gasteiger partial charge in [0, 0.05) is 5.56 Å². The largest absolute Gasteiger partial charge is 0.573 e. The number of alkyl halides is 6. The van der Waals surface area contributed by atoms with Gasteiger partial charge in [0.05, 0.1) is 0 Å². The lowest BCUT2D eigenvalue weighted by atomic mass is 10.2. The number of ether oxygens (including phenoxy) is 1. The van der Waals surface area contributed by atoms with E-state index < -0.39 is 36.1 Å². The maximum Gasteiger partial charge on any atom is 0.573 e. The standard InChI is InChI=1S/C11H5F6N3O3/c12-10(13,14)8-19-20-9(22-8)18-7(21)5-1-3-6(4-2-5)23-11(15,16)17/h1-4H,(H,18,20,21). The lowest BCUT2D eigenvalue weighted by molar-refractivity contribution is -0.274. The number of anilines is 1. The molecule has 0 fully saturated rings. The molecule has 6 nitrogen and oxygen atoms in total. The molecule has 0 aliphatic rings. The highest BCUT2D eigenvalue weighted by Gasteiger charge is 2.38. The van der Waals surface area contributed by atoms with Crippen LogP contribution in [-0.2, 0) is 6.18 Å². The van der Waals surface area contributed by atoms with Gasteiger partial charge in [-0.15, -0.1) is 18.3 Å². The Morgan fingerprint density at radius 2 is 1.65 bits per heavy atom. The number of carbonyl (C=O) groups excluding carboxylic acids is 1. The van der Waals surface area contributed by atoms with Gasteiger partial charge in [-0.2, -0.15) is 13.2 Å². The highest BCUT2D eigenvalue weighted by molar-refractivity contribution is 6.03. The first-order valence-corrected chi connectivity index (χ1v) is 5.62. The Morgan fingerprint density at radius 3 is 2.13 bits per heavy atom. The number of benzene rings is 1. The predicted molar refractivity (Wildman–Crippen MR) is 60.4 cm³/mol. The molecule has 1 amide bonds. The molecule has 12 heteroatoms. The van der Waals surface area contributed by atoms with Gasteiger partial charge in [-0.05, 0) is 24.3 Å². The average Bonchev–Trinajstić information content (AvgIpc) is 2.86. The van der Waals surface area contributed by atoms with E-state index in [2.05, 4.69) is 19.4 Å². The molecular weight excluding hydrogens is 336 g/mol. The van der Waals surface area contributed by atoms with Crippen molar-refractivity contribution in [1.82, 2.24) is 10.2 Å². The number of carbonyl (C=O) groups is 1. The van der Waals surface area contributed by atoms with Crippen molar-refractivity contribution in [2.75, 3.05) is 5.32 Å². The Morgan fingerprint density at radius 1 is 1.04 bits per heavy atom. The molecule has 124 valence electrons. The molecule has 0 radical (unpaired) electrons. The van der Waals surface area contributed by atoms with Gasteiger partial charge in [0.15, 0.2) is 0 Å². The molecule has 23 heavy (non-hydrogen) atoms. The van der Waals surface area contributed by atoms with E-state index in [1.54, 1.807) is 0 Å². The van der Waals surface area contributed by atoms with Crippen molar-refractivity contribution < 1.29 is 40.3 Å². The molecule has 1 N–H and O–H groups in total. The van der Waals surface area contributed by atoms with E-state index in [1.807, 2.05) is 5.32 Å². The average molecular weight is 341 g/mol. The lowest BCUT2D eigenvalue weighted by Gasteiger charge is -2.08. The molecule has 1 heterocycles. The Labute approximate surface area is 123 Å². The number of hydrogen-bond acceptors (Lipinski definition) is 5. The fraction of sp³-hybridized carbons (Fsp3) is 0.182. The molecule has 0 saturated heterocycles. The summed E-state index contributed by atoms with van der Waals surface area (Å²) >= 11 is 0. The van der Waals surface area contributed by atoms with Gasteiger partial charge in [-0.25, -0.2) is 0 Å². The first-order chi connectivity index (χ1) is 10.5. The van der Waals surface area contributed by atoms with Crippen LogP contribution in [0, 0.1) is 0 Å². The molecule has 2 rings (SSSR count). The van der Waals surface area contributed by atoms with E-state index >= 15 is 0 Å². The Balaban J connectivity index is 2.05. The molecule has 0 bridgehead atoms. The SMILES string of the molecule is O=C(Nc1nnc(C(F)(F)F)o1)c1ccc(OC(F)(F)F)cc1. The van der Waals surface area contributed by atoms with Crippen LogP contribution in [0.25, 0.3) is 0 Å². The lowest BCUT2D eigenvalue weighted by Crippen LogP contribution is -2.17. The number of nitrogens with zero attached hydrogens (tertiary/aromatic N) is 2. The summed E-state index contributed by atoms with van der Waals surface area (Å²) in [5.74, 6) is -3.17. The van der Waals surface area contributed by atoms with E-state index in [9.17, 15) is 31.1 Å². The smallest absolute Gasteiger partial charge is 0.406 e. The third kappa shape index (κ3) is 4.59. The van der Waals surface area contributed by atoms with Gasteiger partial charge >= 0.3 is 24.4 Å². The number of hydrogen-bond donors (Lipinski definition) is 1. The van der Waals surface area contributed by atoms with Gasteiger partial charge in [-0.3, -0.25) is 10.1 Å². The molecule has 0 aliphatic heterocycles. The van der Waals surface area contributed by atoms with Crippen LogP contribution in [0.2, 0.25) is 0 Å². The summed E-state index contributed by atoms with van der Waals surface area (Å²) < 4.78 is 80.4. The van der Waals surface area contributed by atoms with E-state index in [4.69, 9.17) is 0 Å². The van der Waals surface area contributed by atoms with Gasteiger partial charge in [0.25, 0.3) is 5.91 Å². The normalized spacial score (nSPS) is 12.1. The molecule has 0 saturated carbocycles. The van der Waals surface area contributed by atoms with E-state index in [0.717, 1.165) is 24.3 Å². The van der Waals surface area contributed by atoms with Crippen LogP contribution in [0.3, 0.4) is 0 Å². The first kappa shape index (κ1) is 16.6. The number of aromatic nitrogens is 2. The second-order valence-corrected chi connectivity index (χ2v) is 3.94. The van der Waals surface area contributed by atoms with Crippen LogP contribution in [0.15, 0.2) is 28.7 Å². The first-order valence-electron chi connectivity index (χ1n) is 5.62. The third-order valence-corrected chi connectivity index (χ3v) is 2.24. The minimum atomic E-state index is -4.89. The zero-order valence-electron chi connectivity index (χ0n) is 10.7. The van der Waals surface area contributed by atoms with Crippen molar-refractivity contribution in [1.29, 1.82) is 0 Å². The Bertz CT molecular complexity index is 692. The van der Waals surface area contributed by atoms with Crippen molar-refractivity contribution >= 4 is 11.9 Å². The summed E-state index contributed by atoms with van der Waals surface area (Å²) in [6.07, 6.45) is -9.76. The van der Waals surface area contributed by atoms with Gasteiger partial charge in [0.1, 0.15) is 5.75 Å². The van der Waals surface area contributed by atoms with Gasteiger partial charge in [0.2, 0.25) is 0 Å². The van der Waals surface area contributed by atoms with Crippen LogP contribution in [0.5, 0.6) is 5.75 Å². The molecule has 2 aromatic rings. The molecule has 1 aromatic heterocycles. The molecule has 0 atom stereocenters. The zero-order chi connectivity index (χ0) is 17.3. The van der Waals surface area contributed by atoms with Crippen LogP contribution < -0.4 is 10.1 Å². The Hall–Kier alpha value is -2.79. The Kier molecular flexibility index (Phi) is 4.16. The number of nitrogens with one attached hydrogen (secondary N) is 1. The zero-order valence-corrected chi connectivity index (χ0v) is 10.7. The number of amides is 1. The summed E-state index contributed by atoms with van der Waals surface area (Å²) in [6.45, 7) is 0. The van der Waals surface area contributed by atoms with Crippen molar-refractivity contribution in [2.45, 2.75) is 12.5 Å². The maximum atomic E-state index is 12.2. The maximum absolute atomic E-state index is 12.2. The summed E-state index contributed by atoms with van der Waals surface area (Å²) in [5.41, 5.74) is -0.161. The molecule has 1 aromatic carbocycles. The fourth-order valence-corrected chi connectivity index (χ4v) is 1.37. The number of rotatable bonds is 3. The topological polar surface area (TPSA) is 77.3 Å². The van der Waals surface area contributed by atoms with Crippen molar-refractivity contribution in [3.05, 3.63) is 35.7 Å². The summed E-state index contributed by atoms with van der Waals surface area (Å²) in [4.78, 5) is 11.7. The van der Waals surface area contributed by atoms with Crippen molar-refractivity contribution in [3.8, 4) is 5.75 Å². The highest BCUT2D eigenvalue weighted by atomic mass is 19.4. The van der Waals surface area contributed by atoms with Crippen molar-refractivity contribution in [2.24, 2.45) is 0 Å². The summed E-state index contributed by atoms with van der Waals surface area (Å²) in [7, 11) is 0. The van der Waals surface area contributed by atoms with Gasteiger partial charge in [-0.1, -0.05) is 5.10 Å². The minimum Gasteiger partial charge on any atom is -0.406 e. The fourth-order valence-electron chi connectivity index (χ4n) is 1.37. The minimum absolute atomic E-state index is 0.161. The predicted octanol–water partition coefficient (Wildman–Crippen LogP) is 3.24. The van der Waals surface area contributed by atoms with Crippen molar-refractivity contribution in [3.63, 3.8) is 0 Å². The summed E-state index contributed by atoms with van der Waals surface area (Å²) in [6, 6.07) is 2.85.